The molecule has 0 saturated carbocycles. The summed E-state index contributed by atoms with van der Waals surface area (Å²) in [4.78, 5) is 12.0. The fraction of sp³-hybridized carbons (Fsp3) is 0.273. The number of aryl methyl sites for hydroxylation is 1. The minimum absolute atomic E-state index is 0.273. The van der Waals surface area contributed by atoms with Gasteiger partial charge < -0.3 is 4.74 Å². The molecule has 0 aromatic heterocycles. The van der Waals surface area contributed by atoms with Gasteiger partial charge in [-0.05, 0) is 25.5 Å². The van der Waals surface area contributed by atoms with Crippen LogP contribution >= 0.6 is 12.6 Å². The lowest BCUT2D eigenvalue weighted by Crippen LogP contribution is -2.07. The molecule has 3 nitrogen and oxygen atoms in total. The maximum absolute atomic E-state index is 11.5. The molecule has 0 heterocycles. The zero-order valence-corrected chi connectivity index (χ0v) is 9.47. The highest BCUT2D eigenvalue weighted by molar-refractivity contribution is 7.80. The highest BCUT2D eigenvalue weighted by Gasteiger charge is 2.15. The lowest BCUT2D eigenvalue weighted by atomic mass is 10.1. The molecular weight excluding hydrogens is 210 g/mol. The normalized spacial score (nSPS) is 9.47. The van der Waals surface area contributed by atoms with Crippen LogP contribution in [0.4, 0.5) is 0 Å². The molecule has 1 rings (SSSR count). The topological polar surface area (TPSA) is 50.1 Å². The van der Waals surface area contributed by atoms with Crippen molar-refractivity contribution in [2.45, 2.75) is 18.7 Å². The van der Waals surface area contributed by atoms with Gasteiger partial charge in [0.05, 0.1) is 17.7 Å². The van der Waals surface area contributed by atoms with E-state index in [1.54, 1.807) is 19.1 Å². The van der Waals surface area contributed by atoms with Gasteiger partial charge in [-0.1, -0.05) is 6.07 Å². The van der Waals surface area contributed by atoms with E-state index in [2.05, 4.69) is 12.6 Å². The number of carbonyl (C=O) groups is 1. The predicted molar refractivity (Wildman–Crippen MR) is 59.1 cm³/mol. The molecular formula is C11H11NO2S. The number of ether oxygens (including phenoxy) is 1. The van der Waals surface area contributed by atoms with Gasteiger partial charge in [-0.2, -0.15) is 5.26 Å². The molecule has 0 aliphatic carbocycles. The summed E-state index contributed by atoms with van der Waals surface area (Å²) < 4.78 is 4.84. The van der Waals surface area contributed by atoms with Gasteiger partial charge in [0, 0.05) is 4.90 Å². The smallest absolute Gasteiger partial charge is 0.339 e. The monoisotopic (exact) mass is 221 g/mol. The molecule has 15 heavy (non-hydrogen) atoms. The maximum atomic E-state index is 11.5. The molecule has 0 radical (unpaired) electrons. The molecule has 0 unspecified atom stereocenters. The Morgan fingerprint density at radius 3 is 2.80 bits per heavy atom. The summed E-state index contributed by atoms with van der Waals surface area (Å²) in [5, 5.41) is 8.93. The van der Waals surface area contributed by atoms with Crippen molar-refractivity contribution in [3.63, 3.8) is 0 Å². The van der Waals surface area contributed by atoms with Gasteiger partial charge >= 0.3 is 5.97 Å². The Bertz CT molecular complexity index is 435. The summed E-state index contributed by atoms with van der Waals surface area (Å²) in [6.45, 7) is 3.84. The minimum Gasteiger partial charge on any atom is -0.462 e. The van der Waals surface area contributed by atoms with Crippen molar-refractivity contribution in [3.8, 4) is 6.07 Å². The van der Waals surface area contributed by atoms with E-state index in [1.165, 1.54) is 0 Å². The third-order valence-electron chi connectivity index (χ3n) is 1.99. The Kier molecular flexibility index (Phi) is 3.75. The number of carbonyl (C=O) groups excluding carboxylic acids is 1. The Hall–Kier alpha value is -1.47. The molecule has 0 atom stereocenters. The molecule has 0 saturated heterocycles. The fourth-order valence-electron chi connectivity index (χ4n) is 1.19. The first-order valence-electron chi connectivity index (χ1n) is 4.51. The van der Waals surface area contributed by atoms with Crippen molar-refractivity contribution < 1.29 is 9.53 Å². The summed E-state index contributed by atoms with van der Waals surface area (Å²) in [5.41, 5.74) is 1.41. The molecule has 0 amide bonds. The van der Waals surface area contributed by atoms with E-state index in [0.29, 0.717) is 11.5 Å². The van der Waals surface area contributed by atoms with Gasteiger partial charge in [-0.3, -0.25) is 0 Å². The number of thiol groups is 1. The summed E-state index contributed by atoms with van der Waals surface area (Å²) in [6.07, 6.45) is 0. The lowest BCUT2D eigenvalue weighted by molar-refractivity contribution is 0.0525. The molecule has 0 aliphatic rings. The first kappa shape index (κ1) is 11.6. The predicted octanol–water partition coefficient (Wildman–Crippen LogP) is 2.33. The molecule has 0 bridgehead atoms. The van der Waals surface area contributed by atoms with Crippen molar-refractivity contribution in [2.24, 2.45) is 0 Å². The summed E-state index contributed by atoms with van der Waals surface area (Å²) in [5.74, 6) is -0.482. The van der Waals surface area contributed by atoms with Crippen LogP contribution in [0, 0.1) is 18.3 Å². The average molecular weight is 221 g/mol. The molecule has 0 spiro atoms. The van der Waals surface area contributed by atoms with Gasteiger partial charge in [0.25, 0.3) is 0 Å². The quantitative estimate of drug-likeness (QED) is 0.616. The second kappa shape index (κ2) is 4.85. The van der Waals surface area contributed by atoms with E-state index in [0.717, 1.165) is 5.56 Å². The van der Waals surface area contributed by atoms with E-state index in [1.807, 2.05) is 13.0 Å². The number of hydrogen-bond donors (Lipinski definition) is 1. The molecule has 0 fully saturated rings. The molecule has 1 aromatic rings. The zero-order valence-electron chi connectivity index (χ0n) is 8.57. The van der Waals surface area contributed by atoms with E-state index >= 15 is 0 Å². The van der Waals surface area contributed by atoms with Crippen molar-refractivity contribution in [3.05, 3.63) is 28.8 Å². The van der Waals surface area contributed by atoms with Crippen LogP contribution in [0.25, 0.3) is 0 Å². The second-order valence-corrected chi connectivity index (χ2v) is 3.43. The van der Waals surface area contributed by atoms with E-state index in [9.17, 15) is 4.79 Å². The number of esters is 1. The van der Waals surface area contributed by atoms with Crippen molar-refractivity contribution in [1.29, 1.82) is 5.26 Å². The maximum Gasteiger partial charge on any atom is 0.339 e. The van der Waals surface area contributed by atoms with Gasteiger partial charge in [0.2, 0.25) is 0 Å². The van der Waals surface area contributed by atoms with Gasteiger partial charge in [0.15, 0.2) is 0 Å². The molecule has 0 aliphatic heterocycles. The van der Waals surface area contributed by atoms with Gasteiger partial charge in [0.1, 0.15) is 6.07 Å². The largest absolute Gasteiger partial charge is 0.462 e. The number of nitriles is 1. The van der Waals surface area contributed by atoms with Crippen LogP contribution in [0.3, 0.4) is 0 Å². The van der Waals surface area contributed by atoms with Crippen molar-refractivity contribution in [1.82, 2.24) is 0 Å². The summed E-state index contributed by atoms with van der Waals surface area (Å²) in [6, 6.07) is 5.30. The van der Waals surface area contributed by atoms with Crippen LogP contribution < -0.4 is 0 Å². The third kappa shape index (κ3) is 2.31. The van der Waals surface area contributed by atoms with Gasteiger partial charge in [-0.25, -0.2) is 4.79 Å². The minimum atomic E-state index is -0.482. The highest BCUT2D eigenvalue weighted by Crippen LogP contribution is 2.22. The summed E-state index contributed by atoms with van der Waals surface area (Å²) in [7, 11) is 0. The SMILES string of the molecule is CCOC(=O)c1ccc(C)c(S)c1C#N. The van der Waals surface area contributed by atoms with Gasteiger partial charge in [-0.15, -0.1) is 12.6 Å². The Balaban J connectivity index is 3.26. The first-order chi connectivity index (χ1) is 7.11. The third-order valence-corrected chi connectivity index (χ3v) is 2.56. The van der Waals surface area contributed by atoms with Crippen molar-refractivity contribution in [2.75, 3.05) is 6.61 Å². The highest BCUT2D eigenvalue weighted by atomic mass is 32.1. The number of rotatable bonds is 2. The van der Waals surface area contributed by atoms with Crippen LogP contribution in [0.15, 0.2) is 17.0 Å². The van der Waals surface area contributed by atoms with E-state index in [4.69, 9.17) is 10.00 Å². The average Bonchev–Trinajstić information content (AvgIpc) is 2.22. The Labute approximate surface area is 94.1 Å². The Morgan fingerprint density at radius 1 is 1.60 bits per heavy atom. The van der Waals surface area contributed by atoms with Crippen LogP contribution in [0.5, 0.6) is 0 Å². The second-order valence-electron chi connectivity index (χ2n) is 2.99. The van der Waals surface area contributed by atoms with Crippen LogP contribution in [-0.2, 0) is 4.74 Å². The number of nitrogens with zero attached hydrogens (tertiary/aromatic N) is 1. The Morgan fingerprint density at radius 2 is 2.27 bits per heavy atom. The zero-order chi connectivity index (χ0) is 11.4. The lowest BCUT2D eigenvalue weighted by Gasteiger charge is -2.07. The number of benzene rings is 1. The van der Waals surface area contributed by atoms with E-state index in [-0.39, 0.29) is 11.1 Å². The van der Waals surface area contributed by atoms with Crippen LogP contribution in [0.2, 0.25) is 0 Å². The van der Waals surface area contributed by atoms with Crippen LogP contribution in [0.1, 0.15) is 28.4 Å². The standard InChI is InChI=1S/C11H11NO2S/c1-3-14-11(13)8-5-4-7(2)10(15)9(8)6-12/h4-5,15H,3H2,1-2H3. The molecule has 78 valence electrons. The van der Waals surface area contributed by atoms with Crippen LogP contribution in [-0.4, -0.2) is 12.6 Å². The van der Waals surface area contributed by atoms with Crippen molar-refractivity contribution >= 4 is 18.6 Å². The first-order valence-corrected chi connectivity index (χ1v) is 4.96. The number of hydrogen-bond acceptors (Lipinski definition) is 4. The van der Waals surface area contributed by atoms with E-state index < -0.39 is 5.97 Å². The fourth-order valence-corrected chi connectivity index (χ4v) is 1.43. The molecule has 4 heteroatoms. The molecule has 0 N–H and O–H groups in total. The summed E-state index contributed by atoms with van der Waals surface area (Å²) >= 11 is 4.19. The molecule has 1 aromatic carbocycles.